The van der Waals surface area contributed by atoms with Gasteiger partial charge in [-0.05, 0) is 86.9 Å². The topological polar surface area (TPSA) is 84.3 Å². The lowest BCUT2D eigenvalue weighted by atomic mass is 9.82. The van der Waals surface area contributed by atoms with E-state index in [1.54, 1.807) is 12.3 Å². The van der Waals surface area contributed by atoms with E-state index in [-0.39, 0.29) is 11.7 Å². The molecule has 3 aromatic rings. The molecule has 2 atom stereocenters. The summed E-state index contributed by atoms with van der Waals surface area (Å²) >= 11 is 0. The van der Waals surface area contributed by atoms with E-state index >= 15 is 4.39 Å². The van der Waals surface area contributed by atoms with Gasteiger partial charge in [0.05, 0.1) is 5.41 Å². The molecular weight excluding hydrogens is 494 g/mol. The molecule has 2 fully saturated rings. The summed E-state index contributed by atoms with van der Waals surface area (Å²) in [7, 11) is 0. The van der Waals surface area contributed by atoms with E-state index in [0.717, 1.165) is 52.8 Å². The maximum Gasteiger partial charge on any atom is 0.200 e. The number of anilines is 1. The first-order valence-corrected chi connectivity index (χ1v) is 13.7. The average molecular weight is 529 g/mol. The summed E-state index contributed by atoms with van der Waals surface area (Å²) in [6.07, 6.45) is 6.82. The molecule has 3 aliphatic rings. The molecule has 5 nitrogen and oxygen atoms in total. The minimum atomic E-state index is -1.44. The maximum absolute atomic E-state index is 15.2. The zero-order valence-electron chi connectivity index (χ0n) is 22.7. The van der Waals surface area contributed by atoms with Gasteiger partial charge in [0.25, 0.3) is 0 Å². The van der Waals surface area contributed by atoms with E-state index in [0.29, 0.717) is 48.1 Å². The molecule has 2 aliphatic carbocycles. The second kappa shape index (κ2) is 9.25. The summed E-state index contributed by atoms with van der Waals surface area (Å²) in [5, 5.41) is 8.13. The van der Waals surface area contributed by atoms with Crippen molar-refractivity contribution in [3.05, 3.63) is 75.7 Å². The molecule has 2 saturated carbocycles. The van der Waals surface area contributed by atoms with Crippen LogP contribution in [0.5, 0.6) is 5.75 Å². The van der Waals surface area contributed by atoms with Gasteiger partial charge in [0, 0.05) is 59.3 Å². The third-order valence-electron chi connectivity index (χ3n) is 8.43. The number of nitrogen functional groups attached to an aromatic ring is 1. The van der Waals surface area contributed by atoms with Crippen molar-refractivity contribution in [1.29, 1.82) is 5.41 Å². The number of rotatable bonds is 8. The first kappa shape index (κ1) is 25.7. The quantitative estimate of drug-likeness (QED) is 0.188. The van der Waals surface area contributed by atoms with Crippen molar-refractivity contribution in [3.63, 3.8) is 0 Å². The lowest BCUT2D eigenvalue weighted by molar-refractivity contribution is 0.318. The predicted octanol–water partition coefficient (Wildman–Crippen LogP) is 7.00. The molecule has 2 unspecified atom stereocenters. The Balaban J connectivity index is 1.43. The van der Waals surface area contributed by atoms with Crippen molar-refractivity contribution in [2.45, 2.75) is 70.0 Å². The zero-order chi connectivity index (χ0) is 27.5. The lowest BCUT2D eigenvalue weighted by Crippen LogP contribution is -2.25. The number of benzene rings is 2. The lowest BCUT2D eigenvalue weighted by Gasteiger charge is -2.22. The van der Waals surface area contributed by atoms with Gasteiger partial charge in [-0.2, -0.15) is 0 Å². The molecular formula is C32H34F2N4O. The molecule has 2 heterocycles. The standard InChI is InChI=1S/C32H34F2N4O/c1-18-4-7-23(26(33)10-18)29-30-25(31(3,16-35)17-39-30)14-27(38-29)24(21-5-6-21)13-20-11-19(2)28(36)22(12-20)15-37-32(34)8-9-32/h4,7,10-12,14-16,21,24,35H,5-6,8-9,13,17,36H2,1-3H3/b35-16?,37-15+. The Morgan fingerprint density at radius 1 is 1.21 bits per heavy atom. The van der Waals surface area contributed by atoms with Crippen LogP contribution in [0.1, 0.15) is 72.0 Å². The fraction of sp³-hybridized carbons (Fsp3) is 0.406. The predicted molar refractivity (Wildman–Crippen MR) is 151 cm³/mol. The molecule has 0 spiro atoms. The summed E-state index contributed by atoms with van der Waals surface area (Å²) in [5.74, 6) is -0.662. The molecule has 7 heteroatoms. The van der Waals surface area contributed by atoms with Gasteiger partial charge in [0.2, 0.25) is 0 Å². The first-order chi connectivity index (χ1) is 18.6. The fourth-order valence-corrected chi connectivity index (χ4v) is 5.54. The Morgan fingerprint density at radius 2 is 1.97 bits per heavy atom. The highest BCUT2D eigenvalue weighted by atomic mass is 19.1. The number of pyridine rings is 1. The Labute approximate surface area is 228 Å². The maximum atomic E-state index is 15.2. The van der Waals surface area contributed by atoms with E-state index in [2.05, 4.69) is 17.1 Å². The summed E-state index contributed by atoms with van der Waals surface area (Å²) < 4.78 is 35.5. The Kier molecular flexibility index (Phi) is 6.08. The van der Waals surface area contributed by atoms with Crippen molar-refractivity contribution in [2.24, 2.45) is 10.9 Å². The Bertz CT molecular complexity index is 1510. The Morgan fingerprint density at radius 3 is 2.64 bits per heavy atom. The van der Waals surface area contributed by atoms with Gasteiger partial charge < -0.3 is 15.9 Å². The molecule has 39 heavy (non-hydrogen) atoms. The van der Waals surface area contributed by atoms with Crippen molar-refractivity contribution < 1.29 is 13.5 Å². The van der Waals surface area contributed by atoms with Crippen molar-refractivity contribution >= 4 is 18.1 Å². The third-order valence-corrected chi connectivity index (χ3v) is 8.43. The van der Waals surface area contributed by atoms with Gasteiger partial charge in [-0.1, -0.05) is 12.1 Å². The van der Waals surface area contributed by atoms with E-state index < -0.39 is 11.2 Å². The molecule has 0 saturated heterocycles. The van der Waals surface area contributed by atoms with Crippen LogP contribution in [-0.4, -0.2) is 29.8 Å². The third kappa shape index (κ3) is 4.83. The molecule has 0 radical (unpaired) electrons. The summed E-state index contributed by atoms with van der Waals surface area (Å²) in [5.41, 5.74) is 12.6. The van der Waals surface area contributed by atoms with Crippen LogP contribution in [-0.2, 0) is 11.8 Å². The van der Waals surface area contributed by atoms with Gasteiger partial charge in [-0.3, -0.25) is 4.99 Å². The molecule has 0 bridgehead atoms. The number of aromatic nitrogens is 1. The van der Waals surface area contributed by atoms with Crippen molar-refractivity contribution in [2.75, 3.05) is 12.3 Å². The van der Waals surface area contributed by atoms with Crippen molar-refractivity contribution in [1.82, 2.24) is 4.98 Å². The number of nitrogens with one attached hydrogen (secondary N) is 1. The fourth-order valence-electron chi connectivity index (χ4n) is 5.54. The number of hydrogen-bond donors (Lipinski definition) is 2. The summed E-state index contributed by atoms with van der Waals surface area (Å²) in [4.78, 5) is 9.20. The van der Waals surface area contributed by atoms with Gasteiger partial charge >= 0.3 is 0 Å². The largest absolute Gasteiger partial charge is 0.490 e. The van der Waals surface area contributed by atoms with Crippen molar-refractivity contribution in [3.8, 4) is 17.0 Å². The minimum absolute atomic E-state index is 0.0990. The van der Waals surface area contributed by atoms with Crippen LogP contribution >= 0.6 is 0 Å². The number of aliphatic imine (C=N–C) groups is 1. The van der Waals surface area contributed by atoms with E-state index in [1.165, 1.54) is 12.3 Å². The van der Waals surface area contributed by atoms with Crippen LogP contribution < -0.4 is 10.5 Å². The average Bonchev–Trinajstić information content (AvgIpc) is 3.84. The van der Waals surface area contributed by atoms with Crippen LogP contribution in [0, 0.1) is 31.0 Å². The molecule has 0 amide bonds. The second-order valence-electron chi connectivity index (χ2n) is 11.8. The molecule has 1 aliphatic heterocycles. The van der Waals surface area contributed by atoms with Gasteiger partial charge in [0.1, 0.15) is 23.9 Å². The Hall–Kier alpha value is -3.61. The highest BCUT2D eigenvalue weighted by Gasteiger charge is 2.43. The van der Waals surface area contributed by atoms with Crippen LogP contribution in [0.2, 0.25) is 0 Å². The number of nitrogens with zero attached hydrogens (tertiary/aromatic N) is 2. The monoisotopic (exact) mass is 528 g/mol. The van der Waals surface area contributed by atoms with Crippen LogP contribution in [0.25, 0.3) is 11.3 Å². The minimum Gasteiger partial charge on any atom is -0.490 e. The van der Waals surface area contributed by atoms with E-state index in [1.807, 2.05) is 32.9 Å². The van der Waals surface area contributed by atoms with E-state index in [4.69, 9.17) is 20.9 Å². The molecule has 3 N–H and O–H groups in total. The van der Waals surface area contributed by atoms with Crippen LogP contribution in [0.3, 0.4) is 0 Å². The van der Waals surface area contributed by atoms with E-state index in [9.17, 15) is 4.39 Å². The normalized spacial score (nSPS) is 22.0. The molecule has 1 aromatic heterocycles. The smallest absolute Gasteiger partial charge is 0.200 e. The number of ether oxygens (including phenoxy) is 1. The number of nitrogens with two attached hydrogens (primary N) is 1. The highest BCUT2D eigenvalue weighted by Crippen LogP contribution is 2.49. The molecule has 2 aromatic carbocycles. The second-order valence-corrected chi connectivity index (χ2v) is 11.8. The number of hydrogen-bond acceptors (Lipinski definition) is 5. The summed E-state index contributed by atoms with van der Waals surface area (Å²) in [6.45, 7) is 6.12. The highest BCUT2D eigenvalue weighted by molar-refractivity contribution is 5.88. The number of alkyl halides is 1. The zero-order valence-corrected chi connectivity index (χ0v) is 22.7. The van der Waals surface area contributed by atoms with Gasteiger partial charge in [-0.25, -0.2) is 13.8 Å². The number of aryl methyl sites for hydroxylation is 2. The van der Waals surface area contributed by atoms with Gasteiger partial charge in [0.15, 0.2) is 5.79 Å². The SMILES string of the molecule is Cc1ccc(-c2nc(C(Cc3cc(C)c(N)c(/C=N/C4(F)CC4)c3)C3CC3)cc3c2OCC3(C)C=N)c(F)c1. The molecule has 202 valence electrons. The number of halogens is 2. The summed E-state index contributed by atoms with van der Waals surface area (Å²) in [6, 6.07) is 11.3. The molecule has 6 rings (SSSR count). The van der Waals surface area contributed by atoms with Crippen LogP contribution in [0.4, 0.5) is 14.5 Å². The van der Waals surface area contributed by atoms with Gasteiger partial charge in [-0.15, -0.1) is 0 Å². The first-order valence-electron chi connectivity index (χ1n) is 13.7. The number of fused-ring (bicyclic) bond motifs is 1. The van der Waals surface area contributed by atoms with Crippen LogP contribution in [0.15, 0.2) is 41.4 Å².